The number of nitrogens with one attached hydrogen (secondary N) is 1. The van der Waals surface area contributed by atoms with Crippen molar-refractivity contribution in [2.24, 2.45) is 5.92 Å². The van der Waals surface area contributed by atoms with Crippen molar-refractivity contribution >= 4 is 27.5 Å². The highest BCUT2D eigenvalue weighted by molar-refractivity contribution is 7.92. The average molecular weight is 603 g/mol. The fourth-order valence-electron chi connectivity index (χ4n) is 5.55. The molecule has 1 unspecified atom stereocenters. The number of nitrogens with zero attached hydrogens (tertiary/aromatic N) is 1. The van der Waals surface area contributed by atoms with Crippen molar-refractivity contribution in [3.05, 3.63) is 89.6 Å². The van der Waals surface area contributed by atoms with E-state index in [1.54, 1.807) is 12.1 Å². The molecule has 42 heavy (non-hydrogen) atoms. The van der Waals surface area contributed by atoms with Crippen molar-refractivity contribution in [2.45, 2.75) is 75.1 Å². The van der Waals surface area contributed by atoms with Crippen LogP contribution in [0.5, 0.6) is 0 Å². The number of pyridine rings is 1. The van der Waals surface area contributed by atoms with E-state index < -0.39 is 50.2 Å². The second-order valence-corrected chi connectivity index (χ2v) is 12.2. The summed E-state index contributed by atoms with van der Waals surface area (Å²) in [6.45, 7) is 3.81. The predicted molar refractivity (Wildman–Crippen MR) is 151 cm³/mol. The lowest BCUT2D eigenvalue weighted by molar-refractivity contribution is -0.180. The van der Waals surface area contributed by atoms with Crippen LogP contribution >= 0.6 is 0 Å². The topological polar surface area (TPSA) is 102 Å². The molecule has 1 saturated heterocycles. The lowest BCUT2D eigenvalue weighted by Crippen LogP contribution is -2.49. The van der Waals surface area contributed by atoms with Crippen LogP contribution in [0.25, 0.3) is 0 Å². The van der Waals surface area contributed by atoms with E-state index in [2.05, 4.69) is 9.71 Å². The fraction of sp³-hybridized carbons (Fsp3) is 0.387. The number of esters is 1. The largest absolute Gasteiger partial charge is 0.458 e. The lowest BCUT2D eigenvalue weighted by Gasteiger charge is -2.40. The second-order valence-electron chi connectivity index (χ2n) is 10.6. The number of hydrogen-bond donors (Lipinski definition) is 1. The van der Waals surface area contributed by atoms with E-state index in [4.69, 9.17) is 4.74 Å². The van der Waals surface area contributed by atoms with Gasteiger partial charge >= 0.3 is 12.1 Å². The van der Waals surface area contributed by atoms with Gasteiger partial charge in [0.15, 0.2) is 10.8 Å². The first-order valence-corrected chi connectivity index (χ1v) is 15.3. The smallest absolute Gasteiger partial charge is 0.417 e. The third-order valence-corrected chi connectivity index (χ3v) is 8.88. The standard InChI is InChI=1S/C31H33F3N2O5S/c1-3-16-30(17-15-21-9-6-5-7-10-21)19-26(37)28(29(38)41-30)25(4-2)22-11-8-12-24(18-22)36-42(39,40)27-14-13-23(20-35-27)31(32,33)34/h5-14,18,20,25,28,36H,3-4,15-17,19H2,1-2H3/t25-,28?,30-/m1/s1. The van der Waals surface area contributed by atoms with Gasteiger partial charge in [-0.15, -0.1) is 0 Å². The van der Waals surface area contributed by atoms with Gasteiger partial charge in [-0.3, -0.25) is 14.3 Å². The molecule has 2 heterocycles. The summed E-state index contributed by atoms with van der Waals surface area (Å²) in [5.74, 6) is -2.40. The summed E-state index contributed by atoms with van der Waals surface area (Å²) in [5.41, 5.74) is -0.176. The van der Waals surface area contributed by atoms with Gasteiger partial charge in [0.2, 0.25) is 0 Å². The van der Waals surface area contributed by atoms with Crippen molar-refractivity contribution in [1.29, 1.82) is 0 Å². The van der Waals surface area contributed by atoms with Gasteiger partial charge in [-0.1, -0.05) is 62.7 Å². The van der Waals surface area contributed by atoms with Crippen molar-refractivity contribution in [2.75, 3.05) is 4.72 Å². The number of sulfonamides is 1. The molecule has 7 nitrogen and oxygen atoms in total. The number of ether oxygens (including phenoxy) is 1. The maximum atomic E-state index is 13.6. The Morgan fingerprint density at radius 3 is 2.36 bits per heavy atom. The minimum atomic E-state index is -4.65. The van der Waals surface area contributed by atoms with Crippen LogP contribution in [0.3, 0.4) is 0 Å². The van der Waals surface area contributed by atoms with Crippen LogP contribution < -0.4 is 4.72 Å². The van der Waals surface area contributed by atoms with Gasteiger partial charge in [-0.25, -0.2) is 4.98 Å². The van der Waals surface area contributed by atoms with Crippen LogP contribution in [0, 0.1) is 5.92 Å². The van der Waals surface area contributed by atoms with Crippen molar-refractivity contribution in [1.82, 2.24) is 4.98 Å². The number of alkyl halides is 3. The molecule has 1 aromatic heterocycles. The monoisotopic (exact) mass is 602 g/mol. The molecule has 224 valence electrons. The van der Waals surface area contributed by atoms with Gasteiger partial charge in [0.05, 0.1) is 5.56 Å². The minimum absolute atomic E-state index is 0.104. The Kier molecular flexibility index (Phi) is 9.40. The molecule has 0 amide bonds. The van der Waals surface area contributed by atoms with Crippen LogP contribution in [0.1, 0.15) is 68.6 Å². The number of hydrogen-bond acceptors (Lipinski definition) is 6. The van der Waals surface area contributed by atoms with Crippen molar-refractivity contribution < 1.29 is 35.9 Å². The number of halogens is 3. The fourth-order valence-corrected chi connectivity index (χ4v) is 6.53. The van der Waals surface area contributed by atoms with E-state index >= 15 is 0 Å². The molecule has 0 spiro atoms. The molecule has 0 aliphatic carbocycles. The zero-order valence-corrected chi connectivity index (χ0v) is 24.2. The van der Waals surface area contributed by atoms with Crippen molar-refractivity contribution in [3.8, 4) is 0 Å². The molecule has 0 radical (unpaired) electrons. The number of aromatic nitrogens is 1. The van der Waals surface area contributed by atoms with Gasteiger partial charge in [0.1, 0.15) is 11.5 Å². The number of rotatable bonds is 11. The molecule has 11 heteroatoms. The minimum Gasteiger partial charge on any atom is -0.458 e. The molecule has 2 aromatic carbocycles. The van der Waals surface area contributed by atoms with E-state index in [0.717, 1.165) is 18.1 Å². The molecule has 0 saturated carbocycles. The van der Waals surface area contributed by atoms with Crippen LogP contribution in [-0.2, 0) is 36.9 Å². The highest BCUT2D eigenvalue weighted by Gasteiger charge is 2.48. The Morgan fingerprint density at radius 1 is 1.02 bits per heavy atom. The van der Waals surface area contributed by atoms with Gasteiger partial charge < -0.3 is 4.74 Å². The Morgan fingerprint density at radius 2 is 1.76 bits per heavy atom. The molecule has 1 N–H and O–H groups in total. The zero-order valence-electron chi connectivity index (χ0n) is 23.4. The number of Topliss-reactive ketones (excluding diaryl/α,β-unsaturated/α-hetero) is 1. The summed E-state index contributed by atoms with van der Waals surface area (Å²) in [6, 6.07) is 17.5. The molecule has 1 aliphatic heterocycles. The normalized spacial score (nSPS) is 20.2. The summed E-state index contributed by atoms with van der Waals surface area (Å²) in [4.78, 5) is 30.5. The lowest BCUT2D eigenvalue weighted by atomic mass is 9.74. The molecular formula is C31H33F3N2O5S. The molecule has 4 rings (SSSR count). The third kappa shape index (κ3) is 7.18. The SMILES string of the molecule is CCC[C@@]1(CCc2ccccc2)CC(=O)C([C@H](CC)c2cccc(NS(=O)(=O)c3ccc(C(F)(F)F)cn3)c2)C(=O)O1. The zero-order chi connectivity index (χ0) is 30.5. The first kappa shape index (κ1) is 31.2. The molecule has 0 bridgehead atoms. The number of aryl methyl sites for hydroxylation is 1. The molecule has 3 atom stereocenters. The maximum Gasteiger partial charge on any atom is 0.417 e. The molecule has 1 aliphatic rings. The number of anilines is 1. The van der Waals surface area contributed by atoms with Gasteiger partial charge in [0.25, 0.3) is 10.0 Å². The third-order valence-electron chi connectivity index (χ3n) is 7.58. The number of carbonyl (C=O) groups is 2. The molecule has 1 fully saturated rings. The number of ketones is 1. The molecular weight excluding hydrogens is 569 g/mol. The summed E-state index contributed by atoms with van der Waals surface area (Å²) in [5, 5.41) is -0.582. The highest BCUT2D eigenvalue weighted by atomic mass is 32.2. The number of cyclic esters (lactones) is 1. The first-order chi connectivity index (χ1) is 19.9. The number of benzene rings is 2. The van der Waals surface area contributed by atoms with Crippen LogP contribution in [0.4, 0.5) is 18.9 Å². The van der Waals surface area contributed by atoms with E-state index in [1.165, 1.54) is 12.1 Å². The van der Waals surface area contributed by atoms with Gasteiger partial charge in [-0.2, -0.15) is 21.6 Å². The Labute approximate surface area is 243 Å². The Balaban J connectivity index is 1.52. The van der Waals surface area contributed by atoms with E-state index in [-0.39, 0.29) is 17.9 Å². The Bertz CT molecular complexity index is 1490. The van der Waals surface area contributed by atoms with Crippen LogP contribution in [-0.4, -0.2) is 30.8 Å². The van der Waals surface area contributed by atoms with E-state index in [1.807, 2.05) is 44.2 Å². The van der Waals surface area contributed by atoms with E-state index in [9.17, 15) is 31.2 Å². The Hall–Kier alpha value is -3.73. The summed E-state index contributed by atoms with van der Waals surface area (Å²) in [6.07, 6.45) is -1.18. The molecule has 3 aromatic rings. The maximum absolute atomic E-state index is 13.6. The van der Waals surface area contributed by atoms with Crippen molar-refractivity contribution in [3.63, 3.8) is 0 Å². The second kappa shape index (κ2) is 12.6. The predicted octanol–water partition coefficient (Wildman–Crippen LogP) is 6.70. The quantitative estimate of drug-likeness (QED) is 0.194. The van der Waals surface area contributed by atoms with Gasteiger partial charge in [0, 0.05) is 24.2 Å². The summed E-state index contributed by atoms with van der Waals surface area (Å²) < 4.78 is 72.6. The summed E-state index contributed by atoms with van der Waals surface area (Å²) in [7, 11) is -4.31. The summed E-state index contributed by atoms with van der Waals surface area (Å²) >= 11 is 0. The van der Waals surface area contributed by atoms with Gasteiger partial charge in [-0.05, 0) is 61.1 Å². The number of carbonyl (C=O) groups excluding carboxylic acids is 2. The van der Waals surface area contributed by atoms with E-state index in [0.29, 0.717) is 43.5 Å². The van der Waals surface area contributed by atoms with Crippen LogP contribution in [0.2, 0.25) is 0 Å². The average Bonchev–Trinajstić information content (AvgIpc) is 2.94. The highest BCUT2D eigenvalue weighted by Crippen LogP contribution is 2.41. The first-order valence-electron chi connectivity index (χ1n) is 13.8. The van der Waals surface area contributed by atoms with Crippen LogP contribution in [0.15, 0.2) is 78.0 Å².